The lowest BCUT2D eigenvalue weighted by Crippen LogP contribution is -2.49. The van der Waals surface area contributed by atoms with Crippen LogP contribution >= 0.6 is 0 Å². The standard InChI is InChI=1S/C27H32FN5O/c1-20-17-22(10-11-23(20)28)24-18-33(27(30-24)21-7-3-2-4-8-21)19-26(34)32-15-13-31(14-16-32)25-9-5-6-12-29-25/h5-6,9-12,17-18,21H,2-4,7-8,13-16,19H2,1H3. The van der Waals surface area contributed by atoms with Crippen molar-refractivity contribution in [2.75, 3.05) is 31.1 Å². The fourth-order valence-corrected chi connectivity index (χ4v) is 5.16. The fourth-order valence-electron chi connectivity index (χ4n) is 5.16. The number of carbonyl (C=O) groups is 1. The van der Waals surface area contributed by atoms with Gasteiger partial charge in [0, 0.05) is 50.1 Å². The molecule has 0 bridgehead atoms. The van der Waals surface area contributed by atoms with Crippen LogP contribution in [0.5, 0.6) is 0 Å². The first-order chi connectivity index (χ1) is 16.6. The summed E-state index contributed by atoms with van der Waals surface area (Å²) in [5, 5.41) is 0. The fraction of sp³-hybridized carbons (Fsp3) is 0.444. The molecule has 1 aliphatic heterocycles. The number of carbonyl (C=O) groups excluding carboxylic acids is 1. The Morgan fingerprint density at radius 2 is 1.85 bits per heavy atom. The Bertz CT molecular complexity index is 1130. The predicted octanol–water partition coefficient (Wildman–Crippen LogP) is 4.79. The van der Waals surface area contributed by atoms with E-state index in [0.29, 0.717) is 31.1 Å². The van der Waals surface area contributed by atoms with Crippen LogP contribution in [0.4, 0.5) is 10.2 Å². The number of imidazole rings is 1. The molecule has 2 aromatic heterocycles. The monoisotopic (exact) mass is 461 g/mol. The zero-order chi connectivity index (χ0) is 23.5. The van der Waals surface area contributed by atoms with E-state index in [0.717, 1.165) is 48.8 Å². The molecule has 1 aliphatic carbocycles. The van der Waals surface area contributed by atoms with Crippen LogP contribution in [-0.4, -0.2) is 51.5 Å². The molecule has 2 fully saturated rings. The largest absolute Gasteiger partial charge is 0.353 e. The highest BCUT2D eigenvalue weighted by atomic mass is 19.1. The molecule has 0 radical (unpaired) electrons. The molecular formula is C27H32FN5O. The van der Waals surface area contributed by atoms with E-state index < -0.39 is 0 Å². The molecule has 1 saturated heterocycles. The van der Waals surface area contributed by atoms with Crippen molar-refractivity contribution in [3.05, 3.63) is 66.0 Å². The van der Waals surface area contributed by atoms with E-state index in [1.165, 1.54) is 25.3 Å². The third-order valence-corrected chi connectivity index (χ3v) is 7.14. The maximum Gasteiger partial charge on any atom is 0.242 e. The zero-order valence-corrected chi connectivity index (χ0v) is 19.8. The predicted molar refractivity (Wildman–Crippen MR) is 131 cm³/mol. The third kappa shape index (κ3) is 4.83. The Balaban J connectivity index is 1.33. The number of amides is 1. The lowest BCUT2D eigenvalue weighted by molar-refractivity contribution is -0.132. The maximum atomic E-state index is 13.8. The van der Waals surface area contributed by atoms with E-state index in [1.54, 1.807) is 19.2 Å². The number of halogens is 1. The van der Waals surface area contributed by atoms with Crippen LogP contribution in [0.15, 0.2) is 48.8 Å². The number of benzene rings is 1. The number of aromatic nitrogens is 3. The van der Waals surface area contributed by atoms with Crippen LogP contribution in [-0.2, 0) is 11.3 Å². The topological polar surface area (TPSA) is 54.3 Å². The van der Waals surface area contributed by atoms with Crippen molar-refractivity contribution in [3.8, 4) is 11.3 Å². The number of hydrogen-bond donors (Lipinski definition) is 0. The van der Waals surface area contributed by atoms with E-state index >= 15 is 0 Å². The van der Waals surface area contributed by atoms with Crippen molar-refractivity contribution in [2.24, 2.45) is 0 Å². The summed E-state index contributed by atoms with van der Waals surface area (Å²) >= 11 is 0. The van der Waals surface area contributed by atoms with Crippen LogP contribution in [0.3, 0.4) is 0 Å². The first-order valence-electron chi connectivity index (χ1n) is 12.4. The third-order valence-electron chi connectivity index (χ3n) is 7.14. The van der Waals surface area contributed by atoms with Gasteiger partial charge in [0.1, 0.15) is 24.0 Å². The van der Waals surface area contributed by atoms with Gasteiger partial charge in [0.15, 0.2) is 0 Å². The molecule has 3 aromatic rings. The first-order valence-corrected chi connectivity index (χ1v) is 12.4. The maximum absolute atomic E-state index is 13.8. The summed E-state index contributed by atoms with van der Waals surface area (Å²) in [5.41, 5.74) is 2.32. The highest BCUT2D eigenvalue weighted by Crippen LogP contribution is 2.34. The number of anilines is 1. The van der Waals surface area contributed by atoms with E-state index in [-0.39, 0.29) is 11.7 Å². The molecule has 0 spiro atoms. The second-order valence-electron chi connectivity index (χ2n) is 9.47. The van der Waals surface area contributed by atoms with Gasteiger partial charge >= 0.3 is 0 Å². The quantitative estimate of drug-likeness (QED) is 0.548. The van der Waals surface area contributed by atoms with Crippen LogP contribution in [0.25, 0.3) is 11.3 Å². The van der Waals surface area contributed by atoms with Crippen molar-refractivity contribution >= 4 is 11.7 Å². The van der Waals surface area contributed by atoms with E-state index in [9.17, 15) is 9.18 Å². The second-order valence-corrected chi connectivity index (χ2v) is 9.47. The SMILES string of the molecule is Cc1cc(-c2cn(CC(=O)N3CCN(c4ccccn4)CC3)c(C3CCCCC3)n2)ccc1F. The Morgan fingerprint density at radius 1 is 1.06 bits per heavy atom. The number of aryl methyl sites for hydroxylation is 1. The molecule has 3 heterocycles. The molecule has 1 saturated carbocycles. The molecular weight excluding hydrogens is 429 g/mol. The van der Waals surface area contributed by atoms with Crippen LogP contribution < -0.4 is 4.90 Å². The molecule has 0 atom stereocenters. The first kappa shape index (κ1) is 22.6. The molecule has 1 amide bonds. The summed E-state index contributed by atoms with van der Waals surface area (Å²) in [6.45, 7) is 5.00. The van der Waals surface area contributed by atoms with Crippen LogP contribution in [0.1, 0.15) is 49.4 Å². The van der Waals surface area contributed by atoms with Crippen molar-refractivity contribution in [3.63, 3.8) is 0 Å². The van der Waals surface area contributed by atoms with Gasteiger partial charge in [-0.05, 0) is 55.7 Å². The Kier molecular flexibility index (Phi) is 6.61. The Labute approximate surface area is 200 Å². The molecule has 6 nitrogen and oxygen atoms in total. The molecule has 0 unspecified atom stereocenters. The number of piperazine rings is 1. The second kappa shape index (κ2) is 9.95. The summed E-state index contributed by atoms with van der Waals surface area (Å²) in [6, 6.07) is 11.0. The number of nitrogens with zero attached hydrogens (tertiary/aromatic N) is 5. The minimum Gasteiger partial charge on any atom is -0.353 e. The van der Waals surface area contributed by atoms with Gasteiger partial charge in [0.05, 0.1) is 5.69 Å². The summed E-state index contributed by atoms with van der Waals surface area (Å²) in [5.74, 6) is 2.24. The van der Waals surface area contributed by atoms with Gasteiger partial charge in [-0.15, -0.1) is 0 Å². The van der Waals surface area contributed by atoms with Gasteiger partial charge < -0.3 is 14.4 Å². The van der Waals surface area contributed by atoms with Crippen molar-refractivity contribution in [2.45, 2.75) is 51.5 Å². The molecule has 1 aromatic carbocycles. The van der Waals surface area contributed by atoms with Gasteiger partial charge in [-0.25, -0.2) is 14.4 Å². The van der Waals surface area contributed by atoms with E-state index in [2.05, 4.69) is 14.5 Å². The highest BCUT2D eigenvalue weighted by Gasteiger charge is 2.26. The summed E-state index contributed by atoms with van der Waals surface area (Å²) < 4.78 is 15.9. The van der Waals surface area contributed by atoms with E-state index in [4.69, 9.17) is 4.98 Å². The smallest absolute Gasteiger partial charge is 0.242 e. The van der Waals surface area contributed by atoms with Crippen molar-refractivity contribution in [1.82, 2.24) is 19.4 Å². The van der Waals surface area contributed by atoms with Gasteiger partial charge in [-0.3, -0.25) is 4.79 Å². The van der Waals surface area contributed by atoms with Crippen molar-refractivity contribution < 1.29 is 9.18 Å². The molecule has 5 rings (SSSR count). The van der Waals surface area contributed by atoms with E-state index in [1.807, 2.05) is 35.4 Å². The Morgan fingerprint density at radius 3 is 2.56 bits per heavy atom. The van der Waals surface area contributed by atoms with Gasteiger partial charge in [0.25, 0.3) is 0 Å². The summed E-state index contributed by atoms with van der Waals surface area (Å²) in [6.07, 6.45) is 9.67. The minimum atomic E-state index is -0.212. The van der Waals surface area contributed by atoms with Gasteiger partial charge in [0.2, 0.25) is 5.91 Å². The lowest BCUT2D eigenvalue weighted by Gasteiger charge is -2.35. The number of pyridine rings is 1. The molecule has 7 heteroatoms. The summed E-state index contributed by atoms with van der Waals surface area (Å²) in [4.78, 5) is 26.9. The average Bonchev–Trinajstić information content (AvgIpc) is 3.30. The van der Waals surface area contributed by atoms with Crippen LogP contribution in [0.2, 0.25) is 0 Å². The lowest BCUT2D eigenvalue weighted by atomic mass is 9.88. The summed E-state index contributed by atoms with van der Waals surface area (Å²) in [7, 11) is 0. The molecule has 2 aliphatic rings. The van der Waals surface area contributed by atoms with Crippen molar-refractivity contribution in [1.29, 1.82) is 0 Å². The molecule has 34 heavy (non-hydrogen) atoms. The Hall–Kier alpha value is -3.22. The number of hydrogen-bond acceptors (Lipinski definition) is 4. The normalized spacial score (nSPS) is 17.2. The molecule has 178 valence electrons. The molecule has 0 N–H and O–H groups in total. The van der Waals surface area contributed by atoms with Gasteiger partial charge in [-0.1, -0.05) is 25.3 Å². The average molecular weight is 462 g/mol. The highest BCUT2D eigenvalue weighted by molar-refractivity contribution is 5.76. The van der Waals surface area contributed by atoms with Crippen LogP contribution in [0, 0.1) is 12.7 Å². The number of rotatable bonds is 5. The van der Waals surface area contributed by atoms with Gasteiger partial charge in [-0.2, -0.15) is 0 Å². The zero-order valence-electron chi connectivity index (χ0n) is 19.8. The minimum absolute atomic E-state index is 0.122.